The average molecular weight is 312 g/mol. The fourth-order valence-corrected chi connectivity index (χ4v) is 3.06. The zero-order valence-corrected chi connectivity index (χ0v) is 13.3. The summed E-state index contributed by atoms with van der Waals surface area (Å²) in [6.45, 7) is 5.25. The van der Waals surface area contributed by atoms with Crippen LogP contribution in [0.2, 0.25) is 0 Å². The lowest BCUT2D eigenvalue weighted by Gasteiger charge is -2.38. The quantitative estimate of drug-likeness (QED) is 0.697. The Morgan fingerprint density at radius 2 is 2.04 bits per heavy atom. The van der Waals surface area contributed by atoms with E-state index in [4.69, 9.17) is 0 Å². The molecule has 0 saturated carbocycles. The standard InChI is InChI=1S/C17H20N4O2/c1-12-8-16(21(22)23)17(18-9-12)20-10-13(2)19-15(11-20)14-6-4-3-5-7-14/h3-9,13,15,19H,10-11H2,1-2H3/t13-,15-/m1/s1. The monoisotopic (exact) mass is 312 g/mol. The number of aryl methyl sites for hydroxylation is 1. The van der Waals surface area contributed by atoms with E-state index in [2.05, 4.69) is 29.4 Å². The molecule has 1 saturated heterocycles. The molecule has 120 valence electrons. The molecule has 0 amide bonds. The van der Waals surface area contributed by atoms with Crippen molar-refractivity contribution in [2.24, 2.45) is 0 Å². The fourth-order valence-electron chi connectivity index (χ4n) is 3.06. The molecule has 0 spiro atoms. The molecule has 0 unspecified atom stereocenters. The minimum absolute atomic E-state index is 0.0749. The van der Waals surface area contributed by atoms with E-state index in [9.17, 15) is 10.1 Å². The van der Waals surface area contributed by atoms with Crippen LogP contribution in [0.4, 0.5) is 11.5 Å². The molecule has 1 N–H and O–H groups in total. The smallest absolute Gasteiger partial charge is 0.311 e. The largest absolute Gasteiger partial charge is 0.347 e. The fraction of sp³-hybridized carbons (Fsp3) is 0.353. The van der Waals surface area contributed by atoms with Crippen LogP contribution in [0.15, 0.2) is 42.6 Å². The van der Waals surface area contributed by atoms with Gasteiger partial charge in [-0.2, -0.15) is 0 Å². The predicted octanol–water partition coefficient (Wildman–Crippen LogP) is 2.84. The van der Waals surface area contributed by atoms with Crippen LogP contribution in [-0.4, -0.2) is 29.0 Å². The van der Waals surface area contributed by atoms with Gasteiger partial charge in [0.25, 0.3) is 0 Å². The number of hydrogen-bond donors (Lipinski definition) is 1. The Morgan fingerprint density at radius 3 is 2.74 bits per heavy atom. The maximum Gasteiger partial charge on any atom is 0.311 e. The number of benzene rings is 1. The Morgan fingerprint density at radius 1 is 1.30 bits per heavy atom. The number of pyridine rings is 1. The molecular weight excluding hydrogens is 292 g/mol. The summed E-state index contributed by atoms with van der Waals surface area (Å²) >= 11 is 0. The minimum Gasteiger partial charge on any atom is -0.347 e. The van der Waals surface area contributed by atoms with Gasteiger partial charge in [-0.15, -0.1) is 0 Å². The number of nitrogens with zero attached hydrogens (tertiary/aromatic N) is 3. The highest BCUT2D eigenvalue weighted by Gasteiger charge is 2.30. The molecule has 1 aliphatic rings. The highest BCUT2D eigenvalue weighted by atomic mass is 16.6. The summed E-state index contributed by atoms with van der Waals surface area (Å²) in [5, 5.41) is 14.9. The van der Waals surface area contributed by atoms with Crippen LogP contribution in [0.5, 0.6) is 0 Å². The Kier molecular flexibility index (Phi) is 4.25. The first-order valence-corrected chi connectivity index (χ1v) is 7.71. The lowest BCUT2D eigenvalue weighted by atomic mass is 10.0. The van der Waals surface area contributed by atoms with Gasteiger partial charge in [-0.25, -0.2) is 4.98 Å². The Labute approximate surface area is 135 Å². The Balaban J connectivity index is 1.92. The van der Waals surface area contributed by atoms with E-state index >= 15 is 0 Å². The summed E-state index contributed by atoms with van der Waals surface area (Å²) in [4.78, 5) is 17.4. The van der Waals surface area contributed by atoms with Crippen molar-refractivity contribution < 1.29 is 4.92 Å². The number of nitrogens with one attached hydrogen (secondary N) is 1. The van der Waals surface area contributed by atoms with Crippen molar-refractivity contribution in [3.05, 3.63) is 63.8 Å². The van der Waals surface area contributed by atoms with Gasteiger partial charge >= 0.3 is 5.69 Å². The van der Waals surface area contributed by atoms with Gasteiger partial charge in [0.05, 0.1) is 11.0 Å². The van der Waals surface area contributed by atoms with E-state index in [1.54, 1.807) is 12.3 Å². The third-order valence-corrected chi connectivity index (χ3v) is 4.07. The van der Waals surface area contributed by atoms with E-state index in [1.807, 2.05) is 30.0 Å². The maximum absolute atomic E-state index is 11.4. The topological polar surface area (TPSA) is 71.3 Å². The van der Waals surface area contributed by atoms with Gasteiger partial charge in [-0.05, 0) is 25.0 Å². The zero-order valence-electron chi connectivity index (χ0n) is 13.3. The number of piperazine rings is 1. The van der Waals surface area contributed by atoms with Crippen molar-refractivity contribution in [3.8, 4) is 0 Å². The molecule has 2 aromatic rings. The molecule has 1 aliphatic heterocycles. The first kappa shape index (κ1) is 15.4. The van der Waals surface area contributed by atoms with Gasteiger partial charge in [0.15, 0.2) is 0 Å². The second-order valence-corrected chi connectivity index (χ2v) is 6.05. The second kappa shape index (κ2) is 6.34. The molecule has 2 heterocycles. The van der Waals surface area contributed by atoms with Crippen molar-refractivity contribution in [3.63, 3.8) is 0 Å². The molecule has 3 rings (SSSR count). The summed E-state index contributed by atoms with van der Waals surface area (Å²) in [6.07, 6.45) is 1.69. The van der Waals surface area contributed by atoms with E-state index in [1.165, 1.54) is 5.56 Å². The molecule has 0 radical (unpaired) electrons. The van der Waals surface area contributed by atoms with Crippen molar-refractivity contribution in [1.82, 2.24) is 10.3 Å². The zero-order chi connectivity index (χ0) is 16.4. The first-order chi connectivity index (χ1) is 11.0. The van der Waals surface area contributed by atoms with Crippen LogP contribution in [0.1, 0.15) is 24.1 Å². The summed E-state index contributed by atoms with van der Waals surface area (Å²) in [7, 11) is 0. The number of nitro groups is 1. The summed E-state index contributed by atoms with van der Waals surface area (Å²) in [5.41, 5.74) is 2.05. The number of anilines is 1. The summed E-state index contributed by atoms with van der Waals surface area (Å²) < 4.78 is 0. The van der Waals surface area contributed by atoms with Gasteiger partial charge < -0.3 is 10.2 Å². The van der Waals surface area contributed by atoms with Crippen LogP contribution < -0.4 is 10.2 Å². The Bertz CT molecular complexity index is 705. The van der Waals surface area contributed by atoms with Gasteiger partial charge in [-0.1, -0.05) is 30.3 Å². The number of hydrogen-bond acceptors (Lipinski definition) is 5. The third kappa shape index (κ3) is 3.32. The van der Waals surface area contributed by atoms with Crippen LogP contribution in [-0.2, 0) is 0 Å². The van der Waals surface area contributed by atoms with E-state index in [0.717, 1.165) is 5.56 Å². The first-order valence-electron chi connectivity index (χ1n) is 7.71. The van der Waals surface area contributed by atoms with Gasteiger partial charge in [0.2, 0.25) is 5.82 Å². The predicted molar refractivity (Wildman–Crippen MR) is 89.6 cm³/mol. The van der Waals surface area contributed by atoms with Gasteiger partial charge in [-0.3, -0.25) is 10.1 Å². The molecular formula is C17H20N4O2. The van der Waals surface area contributed by atoms with Gasteiger partial charge in [0.1, 0.15) is 0 Å². The second-order valence-electron chi connectivity index (χ2n) is 6.05. The van der Waals surface area contributed by atoms with E-state index < -0.39 is 0 Å². The highest BCUT2D eigenvalue weighted by molar-refractivity contribution is 5.59. The number of aromatic nitrogens is 1. The van der Waals surface area contributed by atoms with Crippen LogP contribution in [0.25, 0.3) is 0 Å². The van der Waals surface area contributed by atoms with Crippen molar-refractivity contribution in [2.75, 3.05) is 18.0 Å². The molecule has 23 heavy (non-hydrogen) atoms. The van der Waals surface area contributed by atoms with Crippen molar-refractivity contribution in [1.29, 1.82) is 0 Å². The molecule has 1 aromatic carbocycles. The van der Waals surface area contributed by atoms with Crippen molar-refractivity contribution >= 4 is 11.5 Å². The molecule has 2 atom stereocenters. The third-order valence-electron chi connectivity index (χ3n) is 4.07. The SMILES string of the molecule is Cc1cnc(N2C[C@@H](C)N[C@@H](c3ccccc3)C2)c([N+](=O)[O-])c1. The molecule has 6 nitrogen and oxygen atoms in total. The minimum atomic E-state index is -0.348. The summed E-state index contributed by atoms with van der Waals surface area (Å²) in [5.74, 6) is 0.454. The molecule has 1 aromatic heterocycles. The van der Waals surface area contributed by atoms with Crippen LogP contribution in [0.3, 0.4) is 0 Å². The molecule has 6 heteroatoms. The lowest BCUT2D eigenvalue weighted by molar-refractivity contribution is -0.384. The molecule has 0 bridgehead atoms. The van der Waals surface area contributed by atoms with Crippen LogP contribution in [0, 0.1) is 17.0 Å². The molecule has 0 aliphatic carbocycles. The number of rotatable bonds is 3. The lowest BCUT2D eigenvalue weighted by Crippen LogP contribution is -2.51. The average Bonchev–Trinajstić information content (AvgIpc) is 2.55. The highest BCUT2D eigenvalue weighted by Crippen LogP contribution is 2.30. The van der Waals surface area contributed by atoms with Gasteiger partial charge in [0, 0.05) is 31.4 Å². The normalized spacial score (nSPS) is 21.2. The van der Waals surface area contributed by atoms with Crippen molar-refractivity contribution in [2.45, 2.75) is 25.9 Å². The maximum atomic E-state index is 11.4. The molecule has 1 fully saturated rings. The Hall–Kier alpha value is -2.47. The summed E-state index contributed by atoms with van der Waals surface area (Å²) in [6, 6.07) is 12.1. The van der Waals surface area contributed by atoms with E-state index in [-0.39, 0.29) is 22.7 Å². The van der Waals surface area contributed by atoms with Crippen LogP contribution >= 0.6 is 0 Å². The van der Waals surface area contributed by atoms with E-state index in [0.29, 0.717) is 18.9 Å².